The number of nitrogens with one attached hydrogen (secondary N) is 1. The van der Waals surface area contributed by atoms with Gasteiger partial charge in [-0.25, -0.2) is 4.79 Å². The molecule has 0 saturated heterocycles. The molecule has 7 heteroatoms. The second-order valence-electron chi connectivity index (χ2n) is 4.43. The summed E-state index contributed by atoms with van der Waals surface area (Å²) in [5.41, 5.74) is 11.0. The molecule has 1 atom stereocenters. The summed E-state index contributed by atoms with van der Waals surface area (Å²) in [5, 5.41) is 2.67. The van der Waals surface area contributed by atoms with Crippen molar-refractivity contribution in [1.82, 2.24) is 0 Å². The van der Waals surface area contributed by atoms with Gasteiger partial charge in [-0.1, -0.05) is 0 Å². The second-order valence-corrected chi connectivity index (χ2v) is 4.43. The van der Waals surface area contributed by atoms with Gasteiger partial charge in [0.05, 0.1) is 7.11 Å². The van der Waals surface area contributed by atoms with Crippen LogP contribution in [-0.2, 0) is 9.53 Å². The number of amides is 2. The molecular formula is C14H21N3O4. The molecule has 0 bridgehead atoms. The maximum absolute atomic E-state index is 12.1. The van der Waals surface area contributed by atoms with E-state index in [9.17, 15) is 9.59 Å². The molecule has 0 aliphatic carbocycles. The van der Waals surface area contributed by atoms with E-state index >= 15 is 0 Å². The van der Waals surface area contributed by atoms with Gasteiger partial charge < -0.3 is 26.3 Å². The molecule has 1 aromatic rings. The highest BCUT2D eigenvalue weighted by Gasteiger charge is 2.21. The van der Waals surface area contributed by atoms with E-state index in [1.54, 1.807) is 31.4 Å². The lowest BCUT2D eigenvalue weighted by Gasteiger charge is -2.16. The first-order chi connectivity index (χ1) is 10.1. The van der Waals surface area contributed by atoms with Gasteiger partial charge in [-0.2, -0.15) is 0 Å². The quantitative estimate of drug-likeness (QED) is 0.623. The van der Waals surface area contributed by atoms with E-state index in [2.05, 4.69) is 5.32 Å². The molecule has 0 aromatic heterocycles. The molecule has 0 spiro atoms. The number of methoxy groups -OCH3 is 1. The minimum atomic E-state index is -0.974. The molecule has 0 saturated carbocycles. The van der Waals surface area contributed by atoms with E-state index in [1.807, 2.05) is 0 Å². The maximum atomic E-state index is 12.1. The predicted molar refractivity (Wildman–Crippen MR) is 79.0 cm³/mol. The third-order valence-corrected chi connectivity index (χ3v) is 2.83. The Kier molecular flexibility index (Phi) is 7.03. The zero-order valence-corrected chi connectivity index (χ0v) is 12.0. The summed E-state index contributed by atoms with van der Waals surface area (Å²) < 4.78 is 9.87. The fourth-order valence-corrected chi connectivity index (χ4v) is 1.75. The summed E-state index contributed by atoms with van der Waals surface area (Å²) >= 11 is 0. The highest BCUT2D eigenvalue weighted by Crippen LogP contribution is 2.16. The standard InChI is InChI=1S/C14H21N3O4/c1-20-11-7-5-10(6-8-11)17-13(18)12(21-14(16)19)4-2-3-9-15/h5-8,12H,2-4,9,15H2,1H3,(H2,16,19)(H,17,18). The first kappa shape index (κ1) is 16.8. The Labute approximate surface area is 123 Å². The van der Waals surface area contributed by atoms with Crippen molar-refractivity contribution in [2.24, 2.45) is 11.5 Å². The van der Waals surface area contributed by atoms with Crippen molar-refractivity contribution in [3.8, 4) is 5.75 Å². The topological polar surface area (TPSA) is 117 Å². The van der Waals surface area contributed by atoms with Gasteiger partial charge in [-0.05, 0) is 50.1 Å². The summed E-state index contributed by atoms with van der Waals surface area (Å²) in [6.07, 6.45) is -0.102. The fourth-order valence-electron chi connectivity index (χ4n) is 1.75. The Morgan fingerprint density at radius 3 is 2.43 bits per heavy atom. The number of ether oxygens (including phenoxy) is 2. The van der Waals surface area contributed by atoms with Crippen molar-refractivity contribution >= 4 is 17.7 Å². The molecule has 0 radical (unpaired) electrons. The van der Waals surface area contributed by atoms with Crippen LogP contribution in [0.3, 0.4) is 0 Å². The number of rotatable bonds is 8. The number of unbranched alkanes of at least 4 members (excludes halogenated alkanes) is 1. The third-order valence-electron chi connectivity index (χ3n) is 2.83. The second kappa shape index (κ2) is 8.80. The van der Waals surface area contributed by atoms with E-state index < -0.39 is 18.1 Å². The highest BCUT2D eigenvalue weighted by molar-refractivity contribution is 5.95. The molecule has 0 heterocycles. The van der Waals surface area contributed by atoms with Crippen molar-refractivity contribution in [3.05, 3.63) is 24.3 Å². The molecular weight excluding hydrogens is 274 g/mol. The monoisotopic (exact) mass is 295 g/mol. The Bertz CT molecular complexity index is 462. The molecule has 0 aliphatic heterocycles. The number of anilines is 1. The Morgan fingerprint density at radius 1 is 1.24 bits per heavy atom. The summed E-state index contributed by atoms with van der Waals surface area (Å²) in [7, 11) is 1.56. The number of hydrogen-bond acceptors (Lipinski definition) is 5. The zero-order chi connectivity index (χ0) is 15.7. The molecule has 5 N–H and O–H groups in total. The fraction of sp³-hybridized carbons (Fsp3) is 0.429. The van der Waals surface area contributed by atoms with Crippen molar-refractivity contribution in [3.63, 3.8) is 0 Å². The summed E-state index contributed by atoms with van der Waals surface area (Å²) in [4.78, 5) is 23.0. The van der Waals surface area contributed by atoms with Crippen molar-refractivity contribution in [2.45, 2.75) is 25.4 Å². The Balaban J connectivity index is 2.62. The van der Waals surface area contributed by atoms with Crippen LogP contribution in [0.2, 0.25) is 0 Å². The van der Waals surface area contributed by atoms with Crippen LogP contribution in [0.5, 0.6) is 5.75 Å². The molecule has 1 aromatic carbocycles. The van der Waals surface area contributed by atoms with Crippen LogP contribution < -0.4 is 21.5 Å². The molecule has 116 valence electrons. The summed E-state index contributed by atoms with van der Waals surface area (Å²) in [6.45, 7) is 0.517. The molecule has 0 aliphatic rings. The molecule has 0 fully saturated rings. The van der Waals surface area contributed by atoms with Gasteiger partial charge in [0.1, 0.15) is 5.75 Å². The SMILES string of the molecule is COc1ccc(NC(=O)C(CCCCN)OC(N)=O)cc1. The largest absolute Gasteiger partial charge is 0.497 e. The van der Waals surface area contributed by atoms with Crippen LogP contribution in [-0.4, -0.2) is 31.8 Å². The van der Waals surface area contributed by atoms with Gasteiger partial charge in [0, 0.05) is 5.69 Å². The average Bonchev–Trinajstić information content (AvgIpc) is 2.46. The van der Waals surface area contributed by atoms with E-state index in [-0.39, 0.29) is 0 Å². The first-order valence-electron chi connectivity index (χ1n) is 6.68. The number of benzene rings is 1. The maximum Gasteiger partial charge on any atom is 0.405 e. The van der Waals surface area contributed by atoms with Crippen molar-refractivity contribution < 1.29 is 19.1 Å². The van der Waals surface area contributed by atoms with E-state index in [1.165, 1.54) is 0 Å². The van der Waals surface area contributed by atoms with E-state index in [4.69, 9.17) is 20.9 Å². The van der Waals surface area contributed by atoms with Gasteiger partial charge in [0.15, 0.2) is 6.10 Å². The van der Waals surface area contributed by atoms with Gasteiger partial charge in [-0.3, -0.25) is 4.79 Å². The number of carbonyl (C=O) groups is 2. The highest BCUT2D eigenvalue weighted by atomic mass is 16.6. The number of carbonyl (C=O) groups excluding carboxylic acids is 2. The van der Waals surface area contributed by atoms with Crippen LogP contribution >= 0.6 is 0 Å². The first-order valence-corrected chi connectivity index (χ1v) is 6.68. The van der Waals surface area contributed by atoms with Crippen molar-refractivity contribution in [1.29, 1.82) is 0 Å². The summed E-state index contributed by atoms with van der Waals surface area (Å²) in [6, 6.07) is 6.82. The number of hydrogen-bond donors (Lipinski definition) is 3. The van der Waals surface area contributed by atoms with Crippen LogP contribution in [0, 0.1) is 0 Å². The van der Waals surface area contributed by atoms with Crippen LogP contribution in [0.1, 0.15) is 19.3 Å². The molecule has 1 rings (SSSR count). The van der Waals surface area contributed by atoms with E-state index in [0.29, 0.717) is 30.8 Å². The minimum absolute atomic E-state index is 0.377. The van der Waals surface area contributed by atoms with Crippen LogP contribution in [0.25, 0.3) is 0 Å². The van der Waals surface area contributed by atoms with Crippen LogP contribution in [0.15, 0.2) is 24.3 Å². The Hall–Kier alpha value is -2.28. The Morgan fingerprint density at radius 2 is 1.90 bits per heavy atom. The molecule has 21 heavy (non-hydrogen) atoms. The van der Waals surface area contributed by atoms with Gasteiger partial charge >= 0.3 is 6.09 Å². The average molecular weight is 295 g/mol. The summed E-state index contributed by atoms with van der Waals surface area (Å²) in [5.74, 6) is 0.261. The molecule has 7 nitrogen and oxygen atoms in total. The van der Waals surface area contributed by atoms with E-state index in [0.717, 1.165) is 6.42 Å². The third kappa shape index (κ3) is 6.13. The lowest BCUT2D eigenvalue weighted by molar-refractivity contribution is -0.124. The number of nitrogens with two attached hydrogens (primary N) is 2. The van der Waals surface area contributed by atoms with Crippen molar-refractivity contribution in [2.75, 3.05) is 19.0 Å². The minimum Gasteiger partial charge on any atom is -0.497 e. The molecule has 2 amide bonds. The smallest absolute Gasteiger partial charge is 0.405 e. The number of primary amides is 1. The lowest BCUT2D eigenvalue weighted by atomic mass is 10.1. The van der Waals surface area contributed by atoms with Gasteiger partial charge in [0.25, 0.3) is 5.91 Å². The predicted octanol–water partition coefficient (Wildman–Crippen LogP) is 1.23. The lowest BCUT2D eigenvalue weighted by Crippen LogP contribution is -2.34. The zero-order valence-electron chi connectivity index (χ0n) is 12.0. The van der Waals surface area contributed by atoms with Gasteiger partial charge in [-0.15, -0.1) is 0 Å². The normalized spacial score (nSPS) is 11.5. The molecule has 1 unspecified atom stereocenters. The van der Waals surface area contributed by atoms with Crippen LogP contribution in [0.4, 0.5) is 10.5 Å². The van der Waals surface area contributed by atoms with Gasteiger partial charge in [0.2, 0.25) is 0 Å².